The highest BCUT2D eigenvalue weighted by Crippen LogP contribution is 2.29. The first-order chi connectivity index (χ1) is 7.56. The van der Waals surface area contributed by atoms with Gasteiger partial charge in [-0.2, -0.15) is 9.36 Å². The van der Waals surface area contributed by atoms with Crippen molar-refractivity contribution in [2.45, 2.75) is 20.8 Å². The fraction of sp³-hybridized carbons (Fsp3) is 0.273. The predicted octanol–water partition coefficient (Wildman–Crippen LogP) is 4.02. The van der Waals surface area contributed by atoms with Crippen LogP contribution in [0.4, 0.5) is 0 Å². The topological polar surface area (TPSA) is 35.0 Å². The second-order valence-corrected chi connectivity index (χ2v) is 5.09. The molecule has 0 aliphatic heterocycles. The molecule has 1 heterocycles. The second kappa shape index (κ2) is 4.51. The molecule has 0 atom stereocenters. The number of aromatic nitrogens is 2. The van der Waals surface area contributed by atoms with Crippen molar-refractivity contribution in [3.63, 3.8) is 0 Å². The van der Waals surface area contributed by atoms with E-state index in [9.17, 15) is 0 Å². The molecule has 5 heteroatoms. The van der Waals surface area contributed by atoms with Gasteiger partial charge in [0.1, 0.15) is 11.6 Å². The first-order valence-electron chi connectivity index (χ1n) is 4.81. The molecule has 1 aromatic heterocycles. The third-order valence-corrected chi connectivity index (χ3v) is 4.06. The molecular formula is C11H11BrN2OS. The third kappa shape index (κ3) is 2.41. The van der Waals surface area contributed by atoms with E-state index in [1.807, 2.05) is 32.9 Å². The number of aryl methyl sites for hydroxylation is 3. The summed E-state index contributed by atoms with van der Waals surface area (Å²) in [6.45, 7) is 5.92. The number of rotatable bonds is 2. The van der Waals surface area contributed by atoms with Crippen LogP contribution in [0.5, 0.6) is 10.9 Å². The van der Waals surface area contributed by atoms with E-state index in [1.54, 1.807) is 0 Å². The highest BCUT2D eigenvalue weighted by atomic mass is 79.9. The largest absolute Gasteiger partial charge is 0.430 e. The summed E-state index contributed by atoms with van der Waals surface area (Å²) >= 11 is 4.79. The number of hydrogen-bond donors (Lipinski definition) is 0. The summed E-state index contributed by atoms with van der Waals surface area (Å²) in [6, 6.07) is 3.96. The number of benzene rings is 1. The minimum Gasteiger partial charge on any atom is -0.430 e. The Hall–Kier alpha value is -0.940. The highest BCUT2D eigenvalue weighted by molar-refractivity contribution is 9.10. The SMILES string of the molecule is Cc1nsc(Oc2cc(C)c(Br)c(C)c2)n1. The predicted molar refractivity (Wildman–Crippen MR) is 68.3 cm³/mol. The Balaban J connectivity index is 2.28. The van der Waals surface area contributed by atoms with E-state index in [4.69, 9.17) is 4.74 Å². The monoisotopic (exact) mass is 298 g/mol. The van der Waals surface area contributed by atoms with Gasteiger partial charge in [0, 0.05) is 16.0 Å². The van der Waals surface area contributed by atoms with Crippen molar-refractivity contribution < 1.29 is 4.74 Å². The first kappa shape index (κ1) is 11.5. The van der Waals surface area contributed by atoms with Gasteiger partial charge in [-0.05, 0) is 44.0 Å². The van der Waals surface area contributed by atoms with Crippen LogP contribution < -0.4 is 4.74 Å². The Morgan fingerprint density at radius 3 is 2.31 bits per heavy atom. The molecule has 0 aliphatic carbocycles. The van der Waals surface area contributed by atoms with Crippen molar-refractivity contribution in [3.05, 3.63) is 33.6 Å². The van der Waals surface area contributed by atoms with Gasteiger partial charge in [-0.25, -0.2) is 0 Å². The van der Waals surface area contributed by atoms with E-state index in [-0.39, 0.29) is 0 Å². The molecule has 0 amide bonds. The van der Waals surface area contributed by atoms with E-state index >= 15 is 0 Å². The van der Waals surface area contributed by atoms with Gasteiger partial charge in [-0.15, -0.1) is 0 Å². The Labute approximate surface area is 107 Å². The second-order valence-electron chi connectivity index (χ2n) is 3.58. The van der Waals surface area contributed by atoms with Crippen molar-refractivity contribution in [2.75, 3.05) is 0 Å². The Bertz CT molecular complexity index is 501. The van der Waals surface area contributed by atoms with Gasteiger partial charge in [0.2, 0.25) is 0 Å². The zero-order valence-electron chi connectivity index (χ0n) is 9.24. The summed E-state index contributed by atoms with van der Waals surface area (Å²) < 4.78 is 10.8. The third-order valence-electron chi connectivity index (χ3n) is 2.12. The van der Waals surface area contributed by atoms with E-state index in [1.165, 1.54) is 11.5 Å². The normalized spacial score (nSPS) is 10.5. The molecule has 16 heavy (non-hydrogen) atoms. The smallest absolute Gasteiger partial charge is 0.298 e. The lowest BCUT2D eigenvalue weighted by Crippen LogP contribution is -1.88. The molecule has 0 fully saturated rings. The van der Waals surface area contributed by atoms with Crippen LogP contribution in [0, 0.1) is 20.8 Å². The number of halogens is 1. The molecule has 0 bridgehead atoms. The average molecular weight is 299 g/mol. The van der Waals surface area contributed by atoms with Gasteiger partial charge < -0.3 is 4.74 Å². The summed E-state index contributed by atoms with van der Waals surface area (Å²) in [4.78, 5) is 4.16. The molecule has 1 aromatic carbocycles. The van der Waals surface area contributed by atoms with Crippen LogP contribution in [0.15, 0.2) is 16.6 Å². The maximum Gasteiger partial charge on any atom is 0.298 e. The fourth-order valence-corrected chi connectivity index (χ4v) is 2.17. The molecule has 0 aliphatic rings. The molecule has 0 unspecified atom stereocenters. The molecule has 3 nitrogen and oxygen atoms in total. The maximum absolute atomic E-state index is 5.64. The summed E-state index contributed by atoms with van der Waals surface area (Å²) in [5, 5.41) is 0.582. The molecule has 0 saturated heterocycles. The van der Waals surface area contributed by atoms with Gasteiger partial charge in [-0.3, -0.25) is 0 Å². The van der Waals surface area contributed by atoms with E-state index in [0.717, 1.165) is 27.2 Å². The van der Waals surface area contributed by atoms with Gasteiger partial charge in [0.25, 0.3) is 5.19 Å². The summed E-state index contributed by atoms with van der Waals surface area (Å²) in [6.07, 6.45) is 0. The van der Waals surface area contributed by atoms with Crippen LogP contribution in [0.2, 0.25) is 0 Å². The van der Waals surface area contributed by atoms with Crippen molar-refractivity contribution in [3.8, 4) is 10.9 Å². The average Bonchev–Trinajstić information content (AvgIpc) is 2.60. The van der Waals surface area contributed by atoms with E-state index < -0.39 is 0 Å². The van der Waals surface area contributed by atoms with Gasteiger partial charge in [0.05, 0.1) is 0 Å². The zero-order valence-corrected chi connectivity index (χ0v) is 11.6. The van der Waals surface area contributed by atoms with Gasteiger partial charge >= 0.3 is 0 Å². The minimum atomic E-state index is 0.582. The van der Waals surface area contributed by atoms with E-state index in [2.05, 4.69) is 25.3 Å². The number of nitrogens with zero attached hydrogens (tertiary/aromatic N) is 2. The summed E-state index contributed by atoms with van der Waals surface area (Å²) in [7, 11) is 0. The Morgan fingerprint density at radius 2 is 1.81 bits per heavy atom. The number of ether oxygens (including phenoxy) is 1. The van der Waals surface area contributed by atoms with Crippen molar-refractivity contribution in [1.29, 1.82) is 0 Å². The Kier molecular flexibility index (Phi) is 3.25. The quantitative estimate of drug-likeness (QED) is 0.840. The highest BCUT2D eigenvalue weighted by Gasteiger charge is 2.06. The van der Waals surface area contributed by atoms with Crippen molar-refractivity contribution in [1.82, 2.24) is 9.36 Å². The molecule has 0 radical (unpaired) electrons. The molecule has 2 aromatic rings. The molecule has 0 saturated carbocycles. The standard InChI is InChI=1S/C11H11BrN2OS/c1-6-4-9(5-7(2)10(6)12)15-11-13-8(3)14-16-11/h4-5H,1-3H3. The minimum absolute atomic E-state index is 0.582. The first-order valence-corrected chi connectivity index (χ1v) is 6.38. The fourth-order valence-electron chi connectivity index (χ4n) is 1.39. The Morgan fingerprint density at radius 1 is 1.19 bits per heavy atom. The van der Waals surface area contributed by atoms with Crippen LogP contribution >= 0.6 is 27.5 Å². The molecule has 0 N–H and O–H groups in total. The van der Waals surface area contributed by atoms with Crippen LogP contribution in [-0.4, -0.2) is 9.36 Å². The van der Waals surface area contributed by atoms with Crippen LogP contribution in [0.25, 0.3) is 0 Å². The molecular weight excluding hydrogens is 288 g/mol. The summed E-state index contributed by atoms with van der Waals surface area (Å²) in [5.74, 6) is 1.54. The summed E-state index contributed by atoms with van der Waals surface area (Å²) in [5.41, 5.74) is 2.30. The lowest BCUT2D eigenvalue weighted by Gasteiger charge is -2.07. The van der Waals surface area contributed by atoms with Crippen LogP contribution in [-0.2, 0) is 0 Å². The molecule has 84 valence electrons. The van der Waals surface area contributed by atoms with Crippen LogP contribution in [0.1, 0.15) is 17.0 Å². The molecule has 0 spiro atoms. The van der Waals surface area contributed by atoms with Gasteiger partial charge in [-0.1, -0.05) is 15.9 Å². The van der Waals surface area contributed by atoms with Crippen molar-refractivity contribution >= 4 is 27.5 Å². The molecule has 2 rings (SSSR count). The number of hydrogen-bond acceptors (Lipinski definition) is 4. The maximum atomic E-state index is 5.64. The zero-order chi connectivity index (χ0) is 11.7. The van der Waals surface area contributed by atoms with Crippen molar-refractivity contribution in [2.24, 2.45) is 0 Å². The van der Waals surface area contributed by atoms with Crippen LogP contribution in [0.3, 0.4) is 0 Å². The van der Waals surface area contributed by atoms with Gasteiger partial charge in [0.15, 0.2) is 0 Å². The lowest BCUT2D eigenvalue weighted by atomic mass is 10.1. The van der Waals surface area contributed by atoms with E-state index in [0.29, 0.717) is 5.19 Å². The lowest BCUT2D eigenvalue weighted by molar-refractivity contribution is 0.477.